The van der Waals surface area contributed by atoms with Crippen LogP contribution < -0.4 is 15.0 Å². The Morgan fingerprint density at radius 1 is 1.06 bits per heavy atom. The third-order valence-corrected chi connectivity index (χ3v) is 8.50. The van der Waals surface area contributed by atoms with Crippen LogP contribution in [0.2, 0.25) is 0 Å². The summed E-state index contributed by atoms with van der Waals surface area (Å²) < 4.78 is 11.4. The smallest absolute Gasteiger partial charge is 0.244 e. The summed E-state index contributed by atoms with van der Waals surface area (Å²) in [6.07, 6.45) is 8.47. The first-order valence-electron chi connectivity index (χ1n) is 13.1. The molecule has 2 heterocycles. The predicted molar refractivity (Wildman–Crippen MR) is 149 cm³/mol. The summed E-state index contributed by atoms with van der Waals surface area (Å²) >= 11 is 1.60. The number of amides is 1. The number of hydrogen-bond acceptors (Lipinski definition) is 6. The molecule has 1 aliphatic heterocycles. The highest BCUT2D eigenvalue weighted by Crippen LogP contribution is 2.32. The van der Waals surface area contributed by atoms with E-state index in [1.54, 1.807) is 24.7 Å². The number of para-hydroxylation sites is 1. The highest BCUT2D eigenvalue weighted by Gasteiger charge is 2.29. The number of methoxy groups -OCH3 is 1. The topological polar surface area (TPSA) is 57.7 Å². The van der Waals surface area contributed by atoms with E-state index < -0.39 is 0 Å². The van der Waals surface area contributed by atoms with Crippen LogP contribution in [-0.2, 0) is 4.79 Å². The summed E-state index contributed by atoms with van der Waals surface area (Å²) in [4.78, 5) is 17.6. The predicted octanol–water partition coefficient (Wildman–Crippen LogP) is 5.06. The van der Waals surface area contributed by atoms with E-state index in [4.69, 9.17) is 9.11 Å². The molecule has 0 spiro atoms. The number of benzene rings is 2. The van der Waals surface area contributed by atoms with Crippen LogP contribution in [0.4, 0.5) is 5.82 Å². The number of piperazine rings is 1. The number of rotatable bonds is 8. The van der Waals surface area contributed by atoms with Gasteiger partial charge in [0.25, 0.3) is 0 Å². The van der Waals surface area contributed by atoms with Crippen molar-refractivity contribution in [3.05, 3.63) is 60.2 Å². The molecule has 1 aromatic heterocycles. The minimum Gasteiger partial charge on any atom is -0.496 e. The van der Waals surface area contributed by atoms with E-state index in [2.05, 4.69) is 39.4 Å². The standard InChI is InChI=1S/C29H36N4O2S/c1-35-26-12-6-4-8-22(26)14-15-28(34)30-20-23-9-2-3-10-24(23)21-32-16-18-33(19-17-32)29-25-11-5-7-13-27(25)36-31-29/h4-8,11-15,23-24H,2-3,9-10,16-21H2,1H3,(H,30,34)/t23-,24-/m1/s1. The van der Waals surface area contributed by atoms with Crippen LogP contribution in [0.5, 0.6) is 5.75 Å². The van der Waals surface area contributed by atoms with Gasteiger partial charge < -0.3 is 15.0 Å². The van der Waals surface area contributed by atoms with Crippen LogP contribution in [0.1, 0.15) is 31.2 Å². The number of hydrogen-bond donors (Lipinski definition) is 1. The number of ether oxygens (including phenoxy) is 1. The molecule has 2 aromatic carbocycles. The van der Waals surface area contributed by atoms with Crippen molar-refractivity contribution in [1.29, 1.82) is 0 Å². The molecule has 1 aliphatic carbocycles. The lowest BCUT2D eigenvalue weighted by Crippen LogP contribution is -2.49. The summed E-state index contributed by atoms with van der Waals surface area (Å²) in [5.74, 6) is 3.08. The van der Waals surface area contributed by atoms with Gasteiger partial charge in [0.05, 0.1) is 11.8 Å². The molecule has 7 heteroatoms. The van der Waals surface area contributed by atoms with E-state index in [0.717, 1.165) is 56.4 Å². The number of carbonyl (C=O) groups excluding carboxylic acids is 1. The second kappa shape index (κ2) is 11.9. The summed E-state index contributed by atoms with van der Waals surface area (Å²) in [5, 5.41) is 4.45. The number of carbonyl (C=O) groups is 1. The second-order valence-corrected chi connectivity index (χ2v) is 10.7. The SMILES string of the molecule is COc1ccccc1C=CC(=O)NC[C@H]1CCCC[C@@H]1CN1CCN(c2nsc3ccccc23)CC1. The third kappa shape index (κ3) is 5.90. The van der Waals surface area contributed by atoms with E-state index in [0.29, 0.717) is 11.8 Å². The van der Waals surface area contributed by atoms with Crippen LogP contribution in [0, 0.1) is 11.8 Å². The molecule has 0 radical (unpaired) electrons. The Labute approximate surface area is 218 Å². The van der Waals surface area contributed by atoms with E-state index in [1.165, 1.54) is 35.8 Å². The van der Waals surface area contributed by atoms with E-state index in [9.17, 15) is 4.79 Å². The zero-order chi connectivity index (χ0) is 24.7. The Morgan fingerprint density at radius 2 is 1.81 bits per heavy atom. The molecule has 2 atom stereocenters. The van der Waals surface area contributed by atoms with E-state index in [1.807, 2.05) is 30.3 Å². The van der Waals surface area contributed by atoms with Crippen molar-refractivity contribution in [3.8, 4) is 5.75 Å². The van der Waals surface area contributed by atoms with Crippen molar-refractivity contribution in [2.45, 2.75) is 25.7 Å². The fourth-order valence-electron chi connectivity index (χ4n) is 5.63. The molecule has 0 bridgehead atoms. The average molecular weight is 505 g/mol. The number of nitrogens with zero attached hydrogens (tertiary/aromatic N) is 3. The van der Waals surface area contributed by atoms with E-state index in [-0.39, 0.29) is 5.91 Å². The lowest BCUT2D eigenvalue weighted by Gasteiger charge is -2.40. The van der Waals surface area contributed by atoms with Crippen molar-refractivity contribution < 1.29 is 9.53 Å². The van der Waals surface area contributed by atoms with Crippen LogP contribution >= 0.6 is 11.5 Å². The number of aromatic nitrogens is 1. The van der Waals surface area contributed by atoms with Gasteiger partial charge in [0.2, 0.25) is 5.91 Å². The Hall–Kier alpha value is -2.90. The molecule has 0 unspecified atom stereocenters. The molecular formula is C29H36N4O2S. The largest absolute Gasteiger partial charge is 0.496 e. The molecule has 1 amide bonds. The maximum Gasteiger partial charge on any atom is 0.244 e. The number of nitrogens with one attached hydrogen (secondary N) is 1. The molecule has 6 nitrogen and oxygen atoms in total. The third-order valence-electron chi connectivity index (χ3n) is 7.68. The fourth-order valence-corrected chi connectivity index (χ4v) is 6.42. The van der Waals surface area contributed by atoms with Gasteiger partial charge in [-0.2, -0.15) is 4.37 Å². The molecule has 2 aliphatic rings. The van der Waals surface area contributed by atoms with Crippen molar-refractivity contribution in [2.75, 3.05) is 51.3 Å². The fraction of sp³-hybridized carbons (Fsp3) is 0.448. The van der Waals surface area contributed by atoms with Crippen molar-refractivity contribution >= 4 is 39.4 Å². The maximum atomic E-state index is 12.5. The molecule has 1 N–H and O–H groups in total. The van der Waals surface area contributed by atoms with E-state index >= 15 is 0 Å². The Kier molecular flexibility index (Phi) is 8.18. The summed E-state index contributed by atoms with van der Waals surface area (Å²) in [6.45, 7) is 6.07. The van der Waals surface area contributed by atoms with Gasteiger partial charge in [-0.05, 0) is 60.5 Å². The Bertz CT molecular complexity index is 1180. The quantitative estimate of drug-likeness (QED) is 0.435. The summed E-state index contributed by atoms with van der Waals surface area (Å²) in [7, 11) is 1.65. The lowest BCUT2D eigenvalue weighted by molar-refractivity contribution is -0.116. The highest BCUT2D eigenvalue weighted by molar-refractivity contribution is 7.13. The first-order chi connectivity index (χ1) is 17.7. The van der Waals surface area contributed by atoms with Crippen molar-refractivity contribution in [3.63, 3.8) is 0 Å². The minimum atomic E-state index is -0.0330. The highest BCUT2D eigenvalue weighted by atomic mass is 32.1. The molecule has 1 saturated heterocycles. The number of anilines is 1. The van der Waals surface area contributed by atoms with Gasteiger partial charge in [-0.15, -0.1) is 0 Å². The molecule has 1 saturated carbocycles. The van der Waals surface area contributed by atoms with Crippen LogP contribution in [-0.4, -0.2) is 61.6 Å². The van der Waals surface area contributed by atoms with Gasteiger partial charge in [-0.1, -0.05) is 43.2 Å². The van der Waals surface area contributed by atoms with Crippen LogP contribution in [0.25, 0.3) is 16.2 Å². The molecule has 36 heavy (non-hydrogen) atoms. The zero-order valence-corrected chi connectivity index (χ0v) is 21.9. The van der Waals surface area contributed by atoms with Crippen LogP contribution in [0.15, 0.2) is 54.6 Å². The average Bonchev–Trinajstić information content (AvgIpc) is 3.36. The first kappa shape index (κ1) is 24.8. The summed E-state index contributed by atoms with van der Waals surface area (Å²) in [5.41, 5.74) is 0.912. The van der Waals surface area contributed by atoms with Crippen molar-refractivity contribution in [1.82, 2.24) is 14.6 Å². The second-order valence-electron chi connectivity index (χ2n) is 9.92. The molecule has 2 fully saturated rings. The normalized spacial score (nSPS) is 21.2. The van der Waals surface area contributed by atoms with Gasteiger partial charge >= 0.3 is 0 Å². The summed E-state index contributed by atoms with van der Waals surface area (Å²) in [6, 6.07) is 16.3. The monoisotopic (exact) mass is 504 g/mol. The van der Waals surface area contributed by atoms with Gasteiger partial charge in [0.15, 0.2) is 0 Å². The van der Waals surface area contributed by atoms with Crippen LogP contribution in [0.3, 0.4) is 0 Å². The minimum absolute atomic E-state index is 0.0330. The number of fused-ring (bicyclic) bond motifs is 1. The molecule has 5 rings (SSSR count). The zero-order valence-electron chi connectivity index (χ0n) is 21.1. The molecular weight excluding hydrogens is 468 g/mol. The Morgan fingerprint density at radius 3 is 2.64 bits per heavy atom. The first-order valence-corrected chi connectivity index (χ1v) is 13.9. The van der Waals surface area contributed by atoms with Gasteiger partial charge in [0, 0.05) is 56.3 Å². The van der Waals surface area contributed by atoms with Gasteiger partial charge in [0.1, 0.15) is 11.6 Å². The lowest BCUT2D eigenvalue weighted by atomic mass is 9.78. The maximum absolute atomic E-state index is 12.5. The van der Waals surface area contributed by atoms with Crippen molar-refractivity contribution in [2.24, 2.45) is 11.8 Å². The van der Waals surface area contributed by atoms with Gasteiger partial charge in [-0.3, -0.25) is 9.69 Å². The van der Waals surface area contributed by atoms with Gasteiger partial charge in [-0.25, -0.2) is 0 Å². The Balaban J connectivity index is 1.11. The molecule has 3 aromatic rings. The molecule has 190 valence electrons.